The molecule has 1 aliphatic heterocycles. The molecular formula is C18H16FN3O3. The van der Waals surface area contributed by atoms with Crippen molar-refractivity contribution in [1.82, 2.24) is 5.32 Å². The number of hydrogen-bond acceptors (Lipinski definition) is 4. The molecule has 2 aromatic rings. The van der Waals surface area contributed by atoms with Crippen LogP contribution in [-0.4, -0.2) is 23.6 Å². The van der Waals surface area contributed by atoms with Crippen LogP contribution >= 0.6 is 0 Å². The second-order valence-corrected chi connectivity index (χ2v) is 5.60. The number of benzene rings is 2. The van der Waals surface area contributed by atoms with Gasteiger partial charge in [0.25, 0.3) is 5.91 Å². The monoisotopic (exact) mass is 341 g/mol. The molecule has 2 atom stereocenters. The molecule has 0 radical (unpaired) electrons. The Balaban J connectivity index is 1.67. The molecule has 25 heavy (non-hydrogen) atoms. The Morgan fingerprint density at radius 2 is 1.96 bits per heavy atom. The van der Waals surface area contributed by atoms with Crippen molar-refractivity contribution >= 4 is 17.5 Å². The number of primary amides is 1. The second kappa shape index (κ2) is 7.12. The van der Waals surface area contributed by atoms with Crippen LogP contribution in [0.3, 0.4) is 0 Å². The zero-order chi connectivity index (χ0) is 17.8. The molecule has 1 heterocycles. The lowest BCUT2D eigenvalue weighted by Crippen LogP contribution is -2.42. The van der Waals surface area contributed by atoms with Gasteiger partial charge in [0.2, 0.25) is 12.0 Å². The highest BCUT2D eigenvalue weighted by Gasteiger charge is 2.32. The van der Waals surface area contributed by atoms with Gasteiger partial charge in [-0.15, -0.1) is 0 Å². The molecular weight excluding hydrogens is 325 g/mol. The fraction of sp³-hybridized carbons (Fsp3) is 0.167. The van der Waals surface area contributed by atoms with Crippen LogP contribution in [0.25, 0.3) is 0 Å². The fourth-order valence-electron chi connectivity index (χ4n) is 2.56. The van der Waals surface area contributed by atoms with Gasteiger partial charge < -0.3 is 15.9 Å². The van der Waals surface area contributed by atoms with Gasteiger partial charge in [-0.3, -0.25) is 9.59 Å². The molecule has 0 aromatic heterocycles. The summed E-state index contributed by atoms with van der Waals surface area (Å²) in [7, 11) is 0. The SMILES string of the molecule is NC(=O)[C@@H](NC(=O)[C@@H]1CC(c2cccc(F)c2)=NO1)c1ccccc1. The summed E-state index contributed by atoms with van der Waals surface area (Å²) in [6.07, 6.45) is -0.723. The Morgan fingerprint density at radius 3 is 2.64 bits per heavy atom. The van der Waals surface area contributed by atoms with Crippen molar-refractivity contribution in [3.63, 3.8) is 0 Å². The van der Waals surface area contributed by atoms with E-state index in [1.54, 1.807) is 42.5 Å². The van der Waals surface area contributed by atoms with Crippen molar-refractivity contribution in [3.8, 4) is 0 Å². The summed E-state index contributed by atoms with van der Waals surface area (Å²) in [5.41, 5.74) is 6.98. The van der Waals surface area contributed by atoms with Crippen molar-refractivity contribution in [2.45, 2.75) is 18.6 Å². The highest BCUT2D eigenvalue weighted by molar-refractivity contribution is 6.04. The smallest absolute Gasteiger partial charge is 0.265 e. The molecule has 7 heteroatoms. The Bertz CT molecular complexity index is 823. The van der Waals surface area contributed by atoms with Gasteiger partial charge in [-0.25, -0.2) is 4.39 Å². The van der Waals surface area contributed by atoms with Crippen LogP contribution < -0.4 is 11.1 Å². The van der Waals surface area contributed by atoms with Crippen LogP contribution in [0.2, 0.25) is 0 Å². The molecule has 1 aliphatic rings. The molecule has 128 valence electrons. The first-order valence-electron chi connectivity index (χ1n) is 7.68. The Kier molecular flexibility index (Phi) is 4.74. The predicted octanol–water partition coefficient (Wildman–Crippen LogP) is 1.66. The first-order valence-corrected chi connectivity index (χ1v) is 7.68. The largest absolute Gasteiger partial charge is 0.382 e. The third-order valence-electron chi connectivity index (χ3n) is 3.82. The van der Waals surface area contributed by atoms with Crippen LogP contribution in [0.1, 0.15) is 23.6 Å². The van der Waals surface area contributed by atoms with E-state index in [1.807, 2.05) is 0 Å². The average molecular weight is 341 g/mol. The maximum absolute atomic E-state index is 13.3. The Labute approximate surface area is 143 Å². The molecule has 2 aromatic carbocycles. The lowest BCUT2D eigenvalue weighted by Gasteiger charge is -2.17. The summed E-state index contributed by atoms with van der Waals surface area (Å²) in [6, 6.07) is 13.6. The van der Waals surface area contributed by atoms with E-state index in [4.69, 9.17) is 10.6 Å². The molecule has 3 rings (SSSR count). The van der Waals surface area contributed by atoms with E-state index in [-0.39, 0.29) is 6.42 Å². The van der Waals surface area contributed by atoms with E-state index in [2.05, 4.69) is 10.5 Å². The van der Waals surface area contributed by atoms with Gasteiger partial charge in [-0.05, 0) is 17.7 Å². The number of oxime groups is 1. The molecule has 0 spiro atoms. The number of amides is 2. The molecule has 2 amide bonds. The van der Waals surface area contributed by atoms with Crippen LogP contribution in [0.4, 0.5) is 4.39 Å². The van der Waals surface area contributed by atoms with E-state index in [0.29, 0.717) is 16.8 Å². The first-order chi connectivity index (χ1) is 12.0. The van der Waals surface area contributed by atoms with Gasteiger partial charge in [0.1, 0.15) is 11.9 Å². The van der Waals surface area contributed by atoms with Crippen molar-refractivity contribution in [3.05, 3.63) is 71.5 Å². The van der Waals surface area contributed by atoms with E-state index in [9.17, 15) is 14.0 Å². The lowest BCUT2D eigenvalue weighted by molar-refractivity contribution is -0.134. The van der Waals surface area contributed by atoms with E-state index < -0.39 is 29.8 Å². The summed E-state index contributed by atoms with van der Waals surface area (Å²) in [6.45, 7) is 0. The summed E-state index contributed by atoms with van der Waals surface area (Å²) in [5, 5.41) is 6.42. The normalized spacial score (nSPS) is 17.3. The maximum atomic E-state index is 13.3. The van der Waals surface area contributed by atoms with Crippen LogP contribution in [0.15, 0.2) is 59.8 Å². The summed E-state index contributed by atoms with van der Waals surface area (Å²) >= 11 is 0. The van der Waals surface area contributed by atoms with Crippen LogP contribution in [0, 0.1) is 5.82 Å². The lowest BCUT2D eigenvalue weighted by atomic mass is 10.0. The Morgan fingerprint density at radius 1 is 1.20 bits per heavy atom. The maximum Gasteiger partial charge on any atom is 0.265 e. The Hall–Kier alpha value is -3.22. The van der Waals surface area contributed by atoms with Crippen molar-refractivity contribution in [2.24, 2.45) is 10.9 Å². The van der Waals surface area contributed by atoms with Crippen LogP contribution in [-0.2, 0) is 14.4 Å². The zero-order valence-electron chi connectivity index (χ0n) is 13.2. The topological polar surface area (TPSA) is 93.8 Å². The van der Waals surface area contributed by atoms with Gasteiger partial charge in [0.05, 0.1) is 5.71 Å². The van der Waals surface area contributed by atoms with E-state index in [0.717, 1.165) is 0 Å². The van der Waals surface area contributed by atoms with Crippen molar-refractivity contribution in [2.75, 3.05) is 0 Å². The van der Waals surface area contributed by atoms with Gasteiger partial charge in [0.15, 0.2) is 0 Å². The third-order valence-corrected chi connectivity index (χ3v) is 3.82. The standard InChI is InChI=1S/C18H16FN3O3/c19-13-8-4-7-12(9-13)14-10-15(25-22-14)18(24)21-16(17(20)23)11-5-2-1-3-6-11/h1-9,15-16H,10H2,(H2,20,23)(H,21,24)/t15-,16-/m0/s1. The number of halogens is 1. The fourth-order valence-corrected chi connectivity index (χ4v) is 2.56. The molecule has 0 fully saturated rings. The molecule has 0 unspecified atom stereocenters. The molecule has 6 nitrogen and oxygen atoms in total. The average Bonchev–Trinajstić information content (AvgIpc) is 3.10. The molecule has 3 N–H and O–H groups in total. The second-order valence-electron chi connectivity index (χ2n) is 5.60. The predicted molar refractivity (Wildman–Crippen MR) is 88.9 cm³/mol. The van der Waals surface area contributed by atoms with Gasteiger partial charge in [-0.1, -0.05) is 47.6 Å². The summed E-state index contributed by atoms with van der Waals surface area (Å²) in [4.78, 5) is 29.2. The van der Waals surface area contributed by atoms with Gasteiger partial charge in [-0.2, -0.15) is 0 Å². The number of rotatable bonds is 5. The van der Waals surface area contributed by atoms with Crippen molar-refractivity contribution < 1.29 is 18.8 Å². The number of carbonyl (C=O) groups is 2. The summed E-state index contributed by atoms with van der Waals surface area (Å²) < 4.78 is 13.3. The molecule has 0 saturated carbocycles. The minimum absolute atomic E-state index is 0.176. The molecule has 0 saturated heterocycles. The van der Waals surface area contributed by atoms with E-state index >= 15 is 0 Å². The number of nitrogens with zero attached hydrogens (tertiary/aromatic N) is 1. The highest BCUT2D eigenvalue weighted by atomic mass is 19.1. The van der Waals surface area contributed by atoms with Crippen LogP contribution in [0.5, 0.6) is 0 Å². The number of nitrogens with two attached hydrogens (primary N) is 1. The summed E-state index contributed by atoms with van der Waals surface area (Å²) in [5.74, 6) is -1.59. The number of nitrogens with one attached hydrogen (secondary N) is 1. The zero-order valence-corrected chi connectivity index (χ0v) is 13.2. The minimum Gasteiger partial charge on any atom is -0.382 e. The highest BCUT2D eigenvalue weighted by Crippen LogP contribution is 2.19. The van der Waals surface area contributed by atoms with Gasteiger partial charge in [0, 0.05) is 12.0 Å². The number of carbonyl (C=O) groups excluding carboxylic acids is 2. The first kappa shape index (κ1) is 16.6. The van der Waals surface area contributed by atoms with Crippen molar-refractivity contribution in [1.29, 1.82) is 0 Å². The quantitative estimate of drug-likeness (QED) is 0.866. The minimum atomic E-state index is -0.962. The van der Waals surface area contributed by atoms with E-state index in [1.165, 1.54) is 12.1 Å². The number of hydrogen-bond donors (Lipinski definition) is 2. The molecule has 0 aliphatic carbocycles. The molecule has 0 bridgehead atoms. The third kappa shape index (κ3) is 3.82. The van der Waals surface area contributed by atoms with Gasteiger partial charge >= 0.3 is 0 Å².